The monoisotopic (exact) mass is 300 g/mol. The molecular formula is C19H24O3. The second-order valence-electron chi connectivity index (χ2n) is 5.91. The number of aliphatic hydroxyl groups is 1. The fourth-order valence-corrected chi connectivity index (χ4v) is 2.86. The van der Waals surface area contributed by atoms with Crippen LogP contribution in [0.1, 0.15) is 72.6 Å². The maximum absolute atomic E-state index is 12.4. The molecule has 1 aliphatic rings. The van der Waals surface area contributed by atoms with Gasteiger partial charge in [0.1, 0.15) is 0 Å². The van der Waals surface area contributed by atoms with E-state index in [4.69, 9.17) is 0 Å². The highest BCUT2D eigenvalue weighted by atomic mass is 16.3. The van der Waals surface area contributed by atoms with Gasteiger partial charge in [0.05, 0.1) is 6.10 Å². The number of rotatable bonds is 8. The molecule has 3 heteroatoms. The van der Waals surface area contributed by atoms with Crippen LogP contribution in [0.4, 0.5) is 0 Å². The summed E-state index contributed by atoms with van der Waals surface area (Å²) in [6, 6.07) is 6.80. The van der Waals surface area contributed by atoms with E-state index in [1.165, 1.54) is 25.3 Å². The molecule has 2 rings (SSSR count). The summed E-state index contributed by atoms with van der Waals surface area (Å²) in [5.74, 6) is -0.402. The lowest BCUT2D eigenvalue weighted by molar-refractivity contribution is 0.0941. The van der Waals surface area contributed by atoms with E-state index in [2.05, 4.69) is 6.92 Å². The van der Waals surface area contributed by atoms with E-state index in [-0.39, 0.29) is 17.1 Å². The highest BCUT2D eigenvalue weighted by Gasteiger charge is 2.28. The molecule has 0 heterocycles. The highest BCUT2D eigenvalue weighted by molar-refractivity contribution is 6.24. The van der Waals surface area contributed by atoms with Gasteiger partial charge in [0.15, 0.2) is 11.6 Å². The number of carbonyl (C=O) groups excluding carboxylic acids is 2. The zero-order chi connectivity index (χ0) is 15.9. The van der Waals surface area contributed by atoms with Gasteiger partial charge >= 0.3 is 0 Å². The molecule has 3 nitrogen and oxygen atoms in total. The van der Waals surface area contributed by atoms with Crippen molar-refractivity contribution in [3.63, 3.8) is 0 Å². The zero-order valence-electron chi connectivity index (χ0n) is 13.2. The third kappa shape index (κ3) is 3.92. The number of hydrogen-bond donors (Lipinski definition) is 1. The summed E-state index contributed by atoms with van der Waals surface area (Å²) in [7, 11) is 0. The Morgan fingerprint density at radius 2 is 1.59 bits per heavy atom. The summed E-state index contributed by atoms with van der Waals surface area (Å²) >= 11 is 0. The van der Waals surface area contributed by atoms with E-state index in [9.17, 15) is 14.7 Å². The van der Waals surface area contributed by atoms with Crippen LogP contribution in [-0.4, -0.2) is 22.8 Å². The summed E-state index contributed by atoms with van der Waals surface area (Å²) in [5.41, 5.74) is 1.09. The minimum absolute atomic E-state index is 0.188. The molecule has 1 aromatic carbocycles. The Balaban J connectivity index is 1.92. The number of fused-ring (bicyclic) bond motifs is 1. The van der Waals surface area contributed by atoms with Crippen LogP contribution in [0.3, 0.4) is 0 Å². The van der Waals surface area contributed by atoms with Gasteiger partial charge in [-0.3, -0.25) is 9.59 Å². The number of aliphatic hydroxyl groups excluding tert-OH is 1. The average molecular weight is 300 g/mol. The third-order valence-corrected chi connectivity index (χ3v) is 4.18. The van der Waals surface area contributed by atoms with Crippen molar-refractivity contribution >= 4 is 11.6 Å². The maximum atomic E-state index is 12.4. The van der Waals surface area contributed by atoms with E-state index < -0.39 is 6.10 Å². The van der Waals surface area contributed by atoms with E-state index in [1.54, 1.807) is 24.3 Å². The first kappa shape index (κ1) is 16.6. The molecule has 1 atom stereocenters. The zero-order valence-corrected chi connectivity index (χ0v) is 13.2. The van der Waals surface area contributed by atoms with Crippen LogP contribution in [0.15, 0.2) is 35.9 Å². The molecule has 0 aliphatic heterocycles. The van der Waals surface area contributed by atoms with E-state index in [0.29, 0.717) is 17.5 Å². The second-order valence-corrected chi connectivity index (χ2v) is 5.91. The molecular weight excluding hydrogens is 276 g/mol. The molecule has 0 radical (unpaired) electrons. The fraction of sp³-hybridized carbons (Fsp3) is 0.474. The van der Waals surface area contributed by atoms with Gasteiger partial charge in [-0.25, -0.2) is 0 Å². The van der Waals surface area contributed by atoms with Gasteiger partial charge in [-0.05, 0) is 12.5 Å². The molecule has 0 bridgehead atoms. The van der Waals surface area contributed by atoms with Crippen molar-refractivity contribution in [1.29, 1.82) is 0 Å². The van der Waals surface area contributed by atoms with Crippen molar-refractivity contribution in [3.8, 4) is 0 Å². The van der Waals surface area contributed by atoms with Crippen molar-refractivity contribution in [2.45, 2.75) is 58.0 Å². The van der Waals surface area contributed by atoms with Crippen LogP contribution in [0.5, 0.6) is 0 Å². The number of Topliss-reactive ketones (excluding diaryl/α,β-unsaturated/α-hetero) is 1. The summed E-state index contributed by atoms with van der Waals surface area (Å²) in [4.78, 5) is 24.5. The summed E-state index contributed by atoms with van der Waals surface area (Å²) < 4.78 is 0. The quantitative estimate of drug-likeness (QED) is 0.735. The second kappa shape index (κ2) is 8.04. The van der Waals surface area contributed by atoms with Gasteiger partial charge in [0.2, 0.25) is 0 Å². The van der Waals surface area contributed by atoms with Gasteiger partial charge in [0, 0.05) is 16.7 Å². The molecule has 0 amide bonds. The topological polar surface area (TPSA) is 54.4 Å². The van der Waals surface area contributed by atoms with E-state index in [0.717, 1.165) is 19.3 Å². The van der Waals surface area contributed by atoms with Gasteiger partial charge in [-0.2, -0.15) is 0 Å². The van der Waals surface area contributed by atoms with Crippen LogP contribution >= 0.6 is 0 Å². The number of allylic oxidation sites excluding steroid dienone is 1. The third-order valence-electron chi connectivity index (χ3n) is 4.18. The molecule has 22 heavy (non-hydrogen) atoms. The van der Waals surface area contributed by atoms with E-state index in [1.807, 2.05) is 0 Å². The van der Waals surface area contributed by atoms with Crippen LogP contribution in [0.25, 0.3) is 0 Å². The van der Waals surface area contributed by atoms with Gasteiger partial charge in [0.25, 0.3) is 0 Å². The van der Waals surface area contributed by atoms with Crippen LogP contribution in [0.2, 0.25) is 0 Å². The maximum Gasteiger partial charge on any atom is 0.192 e. The molecule has 0 aromatic heterocycles. The summed E-state index contributed by atoms with van der Waals surface area (Å²) in [6.45, 7) is 2.18. The average Bonchev–Trinajstić information content (AvgIpc) is 2.54. The first-order chi connectivity index (χ1) is 10.6. The number of ketones is 2. The lowest BCUT2D eigenvalue weighted by atomic mass is 9.86. The Morgan fingerprint density at radius 3 is 2.32 bits per heavy atom. The minimum Gasteiger partial charge on any atom is -0.388 e. The number of benzene rings is 1. The van der Waals surface area contributed by atoms with Crippen molar-refractivity contribution in [2.75, 3.05) is 0 Å². The Morgan fingerprint density at radius 1 is 0.955 bits per heavy atom. The smallest absolute Gasteiger partial charge is 0.192 e. The van der Waals surface area contributed by atoms with E-state index >= 15 is 0 Å². The highest BCUT2D eigenvalue weighted by Crippen LogP contribution is 2.25. The van der Waals surface area contributed by atoms with Crippen LogP contribution in [-0.2, 0) is 0 Å². The molecule has 118 valence electrons. The summed E-state index contributed by atoms with van der Waals surface area (Å²) in [5, 5.41) is 10.2. The fourth-order valence-electron chi connectivity index (χ4n) is 2.86. The molecule has 0 unspecified atom stereocenters. The molecule has 0 fully saturated rings. The molecule has 0 saturated carbocycles. The van der Waals surface area contributed by atoms with Crippen molar-refractivity contribution < 1.29 is 14.7 Å². The van der Waals surface area contributed by atoms with Gasteiger partial charge < -0.3 is 5.11 Å². The van der Waals surface area contributed by atoms with Crippen LogP contribution < -0.4 is 0 Å². The Kier molecular flexibility index (Phi) is 6.08. The Bertz CT molecular complexity index is 572. The Labute approximate surface area is 132 Å². The SMILES string of the molecule is CCCCCCCC[C@H](O)C1=CC(=O)c2ccccc2C1=O. The Hall–Kier alpha value is -1.74. The van der Waals surface area contributed by atoms with Crippen molar-refractivity contribution in [2.24, 2.45) is 0 Å². The predicted octanol–water partition coefficient (Wildman–Crippen LogP) is 4.10. The number of unbranched alkanes of at least 4 members (excludes halogenated alkanes) is 5. The lowest BCUT2D eigenvalue weighted by Crippen LogP contribution is -2.25. The molecule has 0 spiro atoms. The molecule has 1 aliphatic carbocycles. The number of hydrogen-bond acceptors (Lipinski definition) is 3. The number of carbonyl (C=O) groups is 2. The minimum atomic E-state index is -0.837. The van der Waals surface area contributed by atoms with Crippen molar-refractivity contribution in [1.82, 2.24) is 0 Å². The molecule has 1 aromatic rings. The largest absolute Gasteiger partial charge is 0.388 e. The van der Waals surface area contributed by atoms with Gasteiger partial charge in [-0.1, -0.05) is 69.7 Å². The van der Waals surface area contributed by atoms with Crippen LogP contribution in [0, 0.1) is 0 Å². The normalized spacial score (nSPS) is 15.5. The predicted molar refractivity (Wildman–Crippen MR) is 87.2 cm³/mol. The molecule has 0 saturated heterocycles. The lowest BCUT2D eigenvalue weighted by Gasteiger charge is -2.19. The summed E-state index contributed by atoms with van der Waals surface area (Å²) in [6.07, 6.45) is 7.80. The van der Waals surface area contributed by atoms with Crippen molar-refractivity contribution in [3.05, 3.63) is 47.0 Å². The standard InChI is InChI=1S/C19H24O3/c1-2-3-4-5-6-7-12-17(20)16-13-18(21)14-10-8-9-11-15(14)19(16)22/h8-11,13,17,20H,2-7,12H2,1H3/t17-/m0/s1. The first-order valence-corrected chi connectivity index (χ1v) is 8.23. The molecule has 1 N–H and O–H groups in total. The first-order valence-electron chi connectivity index (χ1n) is 8.23. The van der Waals surface area contributed by atoms with Gasteiger partial charge in [-0.15, -0.1) is 0 Å².